The molecule has 0 unspecified atom stereocenters. The van der Waals surface area contributed by atoms with E-state index in [1.54, 1.807) is 7.05 Å². The maximum Gasteiger partial charge on any atom is 0.0882 e. The first-order valence-electron chi connectivity index (χ1n) is 5.19. The highest BCUT2D eigenvalue weighted by Gasteiger charge is 2.36. The maximum atomic E-state index is 6.23. The van der Waals surface area contributed by atoms with E-state index in [-0.39, 0.29) is 10.8 Å². The summed E-state index contributed by atoms with van der Waals surface area (Å²) >= 11 is 1.94. The Kier molecular flexibility index (Phi) is 3.48. The summed E-state index contributed by atoms with van der Waals surface area (Å²) in [6, 6.07) is 0. The molecule has 4 heteroatoms. The minimum atomic E-state index is 0.0158. The molecule has 3 nitrogen and oxygen atoms in total. The van der Waals surface area contributed by atoms with E-state index in [0.29, 0.717) is 0 Å². The van der Waals surface area contributed by atoms with E-state index in [9.17, 15) is 0 Å². The molecule has 1 aliphatic heterocycles. The molecule has 15 heavy (non-hydrogen) atoms. The molecule has 0 spiro atoms. The fourth-order valence-corrected chi connectivity index (χ4v) is 3.10. The number of nitrogens with two attached hydrogens (primary N) is 1. The molecule has 0 atom stereocenters. The van der Waals surface area contributed by atoms with Gasteiger partial charge in [-0.2, -0.15) is 22.0 Å². The van der Waals surface area contributed by atoms with Crippen LogP contribution in [0, 0.1) is 10.8 Å². The molecule has 0 aliphatic carbocycles. The summed E-state index contributed by atoms with van der Waals surface area (Å²) < 4.78 is 0. The number of nitrogens with zero attached hydrogens (tertiary/aromatic N) is 2. The van der Waals surface area contributed by atoms with Crippen molar-refractivity contribution >= 4 is 11.8 Å². The minimum Gasteiger partial charge on any atom is -0.400 e. The first kappa shape index (κ1) is 12.6. The van der Waals surface area contributed by atoms with Gasteiger partial charge >= 0.3 is 0 Å². The molecule has 0 aromatic rings. The van der Waals surface area contributed by atoms with Gasteiger partial charge in [0.25, 0.3) is 0 Å². The van der Waals surface area contributed by atoms with Crippen LogP contribution in [-0.4, -0.2) is 18.6 Å². The molecule has 0 radical (unpaired) electrons. The lowest BCUT2D eigenvalue weighted by Gasteiger charge is -2.26. The SMILES string of the molecule is C/N=N\C1=C(N)C(C)(C)CSCC1(C)C. The van der Waals surface area contributed by atoms with Crippen molar-refractivity contribution < 1.29 is 0 Å². The number of hydrogen-bond donors (Lipinski definition) is 1. The van der Waals surface area contributed by atoms with Gasteiger partial charge in [-0.15, -0.1) is 0 Å². The quantitative estimate of drug-likeness (QED) is 0.700. The van der Waals surface area contributed by atoms with Gasteiger partial charge in [-0.1, -0.05) is 27.7 Å². The Hall–Kier alpha value is -0.510. The van der Waals surface area contributed by atoms with Crippen molar-refractivity contribution in [3.05, 3.63) is 11.4 Å². The Morgan fingerprint density at radius 1 is 1.13 bits per heavy atom. The minimum absolute atomic E-state index is 0.0158. The van der Waals surface area contributed by atoms with Gasteiger partial charge in [-0.25, -0.2) is 0 Å². The normalized spacial score (nSPS) is 25.7. The molecule has 0 fully saturated rings. The average Bonchev–Trinajstić information content (AvgIpc) is 2.17. The van der Waals surface area contributed by atoms with Crippen molar-refractivity contribution in [1.29, 1.82) is 0 Å². The van der Waals surface area contributed by atoms with Crippen molar-refractivity contribution in [2.24, 2.45) is 26.8 Å². The second-order valence-corrected chi connectivity index (χ2v) is 6.31. The number of hydrogen-bond acceptors (Lipinski definition) is 4. The molecular formula is C11H21N3S. The van der Waals surface area contributed by atoms with Crippen molar-refractivity contribution in [3.63, 3.8) is 0 Å². The number of allylic oxidation sites excluding steroid dienone is 2. The van der Waals surface area contributed by atoms with Gasteiger partial charge in [0, 0.05) is 35.1 Å². The van der Waals surface area contributed by atoms with Gasteiger partial charge in [0.1, 0.15) is 0 Å². The van der Waals surface area contributed by atoms with Gasteiger partial charge < -0.3 is 5.73 Å². The molecule has 0 amide bonds. The third-order valence-electron chi connectivity index (χ3n) is 2.75. The van der Waals surface area contributed by atoms with E-state index in [1.165, 1.54) is 0 Å². The molecule has 0 saturated heterocycles. The lowest BCUT2D eigenvalue weighted by molar-refractivity contribution is 0.457. The summed E-state index contributed by atoms with van der Waals surface area (Å²) in [5.74, 6) is 2.09. The lowest BCUT2D eigenvalue weighted by atomic mass is 9.83. The standard InChI is InChI=1S/C11H21N3S/c1-10(2)6-15-7-11(3,4)9(8(10)12)14-13-5/h6-7,12H2,1-5H3/b14-13-. The van der Waals surface area contributed by atoms with E-state index < -0.39 is 0 Å². The highest BCUT2D eigenvalue weighted by Crippen LogP contribution is 2.43. The molecule has 0 bridgehead atoms. The van der Waals surface area contributed by atoms with E-state index >= 15 is 0 Å². The maximum absolute atomic E-state index is 6.23. The molecule has 0 aromatic carbocycles. The summed E-state index contributed by atoms with van der Waals surface area (Å²) in [6.07, 6.45) is 0. The Morgan fingerprint density at radius 2 is 1.67 bits per heavy atom. The van der Waals surface area contributed by atoms with Crippen LogP contribution in [0.25, 0.3) is 0 Å². The Balaban J connectivity index is 3.26. The predicted octanol–water partition coefficient (Wildman–Crippen LogP) is 3.04. The zero-order chi connectivity index (χ0) is 11.7. The van der Waals surface area contributed by atoms with Crippen LogP contribution in [0.15, 0.2) is 21.6 Å². The van der Waals surface area contributed by atoms with Crippen molar-refractivity contribution in [2.75, 3.05) is 18.6 Å². The largest absolute Gasteiger partial charge is 0.400 e. The second kappa shape index (κ2) is 4.16. The first-order chi connectivity index (χ1) is 6.81. The van der Waals surface area contributed by atoms with Gasteiger partial charge in [-0.05, 0) is 0 Å². The Bertz CT molecular complexity index is 303. The van der Waals surface area contributed by atoms with Crippen LogP contribution in [0.2, 0.25) is 0 Å². The third-order valence-corrected chi connectivity index (χ3v) is 4.60. The second-order valence-electron chi connectivity index (χ2n) is 5.32. The number of azo groups is 1. The van der Waals surface area contributed by atoms with Gasteiger partial charge in [0.15, 0.2) is 0 Å². The van der Waals surface area contributed by atoms with Crippen LogP contribution in [0.4, 0.5) is 0 Å². The number of thioether (sulfide) groups is 1. The van der Waals surface area contributed by atoms with E-state index in [4.69, 9.17) is 5.73 Å². The van der Waals surface area contributed by atoms with Crippen LogP contribution in [0.5, 0.6) is 0 Å². The summed E-state index contributed by atoms with van der Waals surface area (Å²) in [5.41, 5.74) is 8.11. The summed E-state index contributed by atoms with van der Waals surface area (Å²) in [7, 11) is 1.70. The van der Waals surface area contributed by atoms with Gasteiger partial charge in [0.2, 0.25) is 0 Å². The fourth-order valence-electron chi connectivity index (χ4n) is 1.68. The summed E-state index contributed by atoms with van der Waals surface area (Å²) in [5, 5.41) is 8.13. The highest BCUT2D eigenvalue weighted by atomic mass is 32.2. The molecule has 1 heterocycles. The number of rotatable bonds is 1. The molecule has 2 N–H and O–H groups in total. The van der Waals surface area contributed by atoms with E-state index in [1.807, 2.05) is 11.8 Å². The Morgan fingerprint density at radius 3 is 2.20 bits per heavy atom. The van der Waals surface area contributed by atoms with E-state index in [2.05, 4.69) is 37.9 Å². The van der Waals surface area contributed by atoms with Crippen molar-refractivity contribution in [1.82, 2.24) is 0 Å². The van der Waals surface area contributed by atoms with Crippen LogP contribution < -0.4 is 5.73 Å². The Labute approximate surface area is 96.6 Å². The first-order valence-corrected chi connectivity index (χ1v) is 6.35. The zero-order valence-electron chi connectivity index (χ0n) is 10.3. The molecule has 0 aromatic heterocycles. The monoisotopic (exact) mass is 227 g/mol. The predicted molar refractivity (Wildman–Crippen MR) is 66.9 cm³/mol. The topological polar surface area (TPSA) is 50.7 Å². The van der Waals surface area contributed by atoms with Gasteiger partial charge in [0.05, 0.1) is 5.70 Å². The van der Waals surface area contributed by atoms with Crippen LogP contribution in [0.1, 0.15) is 27.7 Å². The average molecular weight is 227 g/mol. The van der Waals surface area contributed by atoms with Crippen LogP contribution in [-0.2, 0) is 0 Å². The van der Waals surface area contributed by atoms with Crippen molar-refractivity contribution in [2.45, 2.75) is 27.7 Å². The molecule has 1 rings (SSSR count). The summed E-state index contributed by atoms with van der Waals surface area (Å²) in [4.78, 5) is 0. The van der Waals surface area contributed by atoms with Crippen LogP contribution in [0.3, 0.4) is 0 Å². The van der Waals surface area contributed by atoms with Crippen molar-refractivity contribution in [3.8, 4) is 0 Å². The highest BCUT2D eigenvalue weighted by molar-refractivity contribution is 7.99. The van der Waals surface area contributed by atoms with E-state index in [0.717, 1.165) is 22.9 Å². The lowest BCUT2D eigenvalue weighted by Crippen LogP contribution is -2.26. The molecule has 86 valence electrons. The molecular weight excluding hydrogens is 206 g/mol. The smallest absolute Gasteiger partial charge is 0.0882 e. The zero-order valence-corrected chi connectivity index (χ0v) is 11.1. The fraction of sp³-hybridized carbons (Fsp3) is 0.818. The molecule has 1 aliphatic rings. The van der Waals surface area contributed by atoms with Crippen LogP contribution >= 0.6 is 11.8 Å². The molecule has 0 saturated carbocycles. The third kappa shape index (κ3) is 2.54. The van der Waals surface area contributed by atoms with Gasteiger partial charge in [-0.3, -0.25) is 0 Å². The summed E-state index contributed by atoms with van der Waals surface area (Å²) in [6.45, 7) is 8.69.